The van der Waals surface area contributed by atoms with Crippen LogP contribution in [-0.4, -0.2) is 48.4 Å². The second-order valence-corrected chi connectivity index (χ2v) is 7.28. The molecule has 1 unspecified atom stereocenters. The topological polar surface area (TPSA) is 55.8 Å². The molecule has 0 aromatic carbocycles. The molecule has 21 heavy (non-hydrogen) atoms. The van der Waals surface area contributed by atoms with Crippen LogP contribution in [0.2, 0.25) is 0 Å². The van der Waals surface area contributed by atoms with Crippen molar-refractivity contribution in [3.63, 3.8) is 0 Å². The molecule has 0 bridgehead atoms. The Balaban J connectivity index is 2.25. The molecular weight excluding hydrogens is 290 g/mol. The average molecular weight is 313 g/mol. The number of hydrogen-bond acceptors (Lipinski definition) is 6. The quantitative estimate of drug-likeness (QED) is 0.742. The lowest BCUT2D eigenvalue weighted by Gasteiger charge is -2.37. The predicted octanol–water partition coefficient (Wildman–Crippen LogP) is 2.17. The van der Waals surface area contributed by atoms with Gasteiger partial charge in [-0.15, -0.1) is 0 Å². The monoisotopic (exact) mass is 313 g/mol. The summed E-state index contributed by atoms with van der Waals surface area (Å²) >= 11 is 1.44. The molecule has 2 aliphatic rings. The third-order valence-corrected chi connectivity index (χ3v) is 4.88. The molecule has 1 saturated heterocycles. The summed E-state index contributed by atoms with van der Waals surface area (Å²) in [4.78, 5) is 26.3. The van der Waals surface area contributed by atoms with Crippen molar-refractivity contribution < 1.29 is 19.1 Å². The molecular formula is C15H23NO4S. The van der Waals surface area contributed by atoms with E-state index in [2.05, 4.69) is 18.7 Å². The van der Waals surface area contributed by atoms with Crippen LogP contribution in [0.25, 0.3) is 0 Å². The lowest BCUT2D eigenvalue weighted by molar-refractivity contribution is -0.142. The molecule has 2 heterocycles. The van der Waals surface area contributed by atoms with Crippen LogP contribution in [0.4, 0.5) is 0 Å². The maximum atomic E-state index is 12.2. The molecule has 6 heteroatoms. The summed E-state index contributed by atoms with van der Waals surface area (Å²) in [6.07, 6.45) is 0.681. The predicted molar refractivity (Wildman–Crippen MR) is 81.6 cm³/mol. The number of fused-ring (bicyclic) bond motifs is 1. The summed E-state index contributed by atoms with van der Waals surface area (Å²) in [5.74, 6) is -0.465. The highest BCUT2D eigenvalue weighted by Crippen LogP contribution is 2.45. The Bertz CT molecular complexity index is 472. The second-order valence-electron chi connectivity index (χ2n) is 6.08. The maximum Gasteiger partial charge on any atom is 0.336 e. The standard InChI is InChI=1S/C15H23NO4S/c1-5-19-13(17)10-7-15(3,4)9-16-8-11(21-12(10)16)14(18)20-6-2/h11H,5-9H2,1-4H3. The smallest absolute Gasteiger partial charge is 0.336 e. The van der Waals surface area contributed by atoms with E-state index in [4.69, 9.17) is 9.47 Å². The minimum Gasteiger partial charge on any atom is -0.465 e. The van der Waals surface area contributed by atoms with Gasteiger partial charge in [-0.2, -0.15) is 0 Å². The number of nitrogens with zero attached hydrogens (tertiary/aromatic N) is 1. The second kappa shape index (κ2) is 6.30. The fourth-order valence-corrected chi connectivity index (χ4v) is 4.06. The highest BCUT2D eigenvalue weighted by Gasteiger charge is 2.43. The molecule has 0 amide bonds. The van der Waals surface area contributed by atoms with Gasteiger partial charge in [0.15, 0.2) is 0 Å². The largest absolute Gasteiger partial charge is 0.465 e. The third-order valence-electron chi connectivity index (χ3n) is 3.53. The number of thioether (sulfide) groups is 1. The maximum absolute atomic E-state index is 12.2. The fraction of sp³-hybridized carbons (Fsp3) is 0.733. The Morgan fingerprint density at radius 1 is 1.29 bits per heavy atom. The summed E-state index contributed by atoms with van der Waals surface area (Å²) in [6, 6.07) is 0. The van der Waals surface area contributed by atoms with Crippen molar-refractivity contribution >= 4 is 23.7 Å². The molecule has 0 saturated carbocycles. The molecule has 0 N–H and O–H groups in total. The molecule has 1 atom stereocenters. The van der Waals surface area contributed by atoms with Crippen LogP contribution in [0.5, 0.6) is 0 Å². The van der Waals surface area contributed by atoms with Crippen LogP contribution in [0.3, 0.4) is 0 Å². The van der Waals surface area contributed by atoms with Gasteiger partial charge in [-0.3, -0.25) is 4.79 Å². The summed E-state index contributed by atoms with van der Waals surface area (Å²) in [5.41, 5.74) is 0.695. The van der Waals surface area contributed by atoms with E-state index < -0.39 is 0 Å². The first kappa shape index (κ1) is 16.2. The Labute approximate surface area is 130 Å². The zero-order chi connectivity index (χ0) is 15.6. The number of esters is 2. The van der Waals surface area contributed by atoms with Gasteiger partial charge >= 0.3 is 11.9 Å². The summed E-state index contributed by atoms with van der Waals surface area (Å²) in [6.45, 7) is 10.1. The Hall–Kier alpha value is -1.17. The minimum atomic E-state index is -0.262. The van der Waals surface area contributed by atoms with Crippen molar-refractivity contribution in [2.24, 2.45) is 5.41 Å². The average Bonchev–Trinajstić information content (AvgIpc) is 2.80. The van der Waals surface area contributed by atoms with Crippen LogP contribution < -0.4 is 0 Å². The molecule has 118 valence electrons. The van der Waals surface area contributed by atoms with Crippen LogP contribution >= 0.6 is 11.8 Å². The van der Waals surface area contributed by atoms with E-state index in [0.717, 1.165) is 11.6 Å². The summed E-state index contributed by atoms with van der Waals surface area (Å²) in [7, 11) is 0. The van der Waals surface area contributed by atoms with Crippen molar-refractivity contribution in [3.05, 3.63) is 10.6 Å². The van der Waals surface area contributed by atoms with Crippen LogP contribution in [0, 0.1) is 5.41 Å². The number of hydrogen-bond donors (Lipinski definition) is 0. The van der Waals surface area contributed by atoms with Gasteiger partial charge in [-0.1, -0.05) is 25.6 Å². The molecule has 0 spiro atoms. The lowest BCUT2D eigenvalue weighted by Crippen LogP contribution is -2.39. The zero-order valence-corrected chi connectivity index (χ0v) is 13.9. The van der Waals surface area contributed by atoms with Gasteiger partial charge in [-0.25, -0.2) is 4.79 Å². The van der Waals surface area contributed by atoms with E-state index in [1.807, 2.05) is 0 Å². The van der Waals surface area contributed by atoms with Gasteiger partial charge < -0.3 is 14.4 Å². The van der Waals surface area contributed by atoms with Crippen LogP contribution in [-0.2, 0) is 19.1 Å². The highest BCUT2D eigenvalue weighted by atomic mass is 32.2. The van der Waals surface area contributed by atoms with Gasteiger partial charge in [0.05, 0.1) is 23.8 Å². The SMILES string of the molecule is CCOC(=O)C1=C2SC(C(=O)OCC)CN2CC(C)(C)C1. The molecule has 1 fully saturated rings. The first-order valence-corrected chi connectivity index (χ1v) is 8.24. The van der Waals surface area contributed by atoms with Gasteiger partial charge in [0.25, 0.3) is 0 Å². The van der Waals surface area contributed by atoms with E-state index in [9.17, 15) is 9.59 Å². The van der Waals surface area contributed by atoms with Crippen molar-refractivity contribution in [1.29, 1.82) is 0 Å². The van der Waals surface area contributed by atoms with E-state index >= 15 is 0 Å². The van der Waals surface area contributed by atoms with Crippen molar-refractivity contribution in [2.75, 3.05) is 26.3 Å². The minimum absolute atomic E-state index is 0.00426. The normalized spacial score (nSPS) is 23.8. The third kappa shape index (κ3) is 3.54. The number of ether oxygens (including phenoxy) is 2. The molecule has 0 aliphatic carbocycles. The van der Waals surface area contributed by atoms with E-state index in [1.165, 1.54) is 11.8 Å². The van der Waals surface area contributed by atoms with Gasteiger partial charge in [0.2, 0.25) is 0 Å². The first-order chi connectivity index (χ1) is 9.88. The van der Waals surface area contributed by atoms with Gasteiger partial charge in [0.1, 0.15) is 5.25 Å². The molecule has 0 aromatic heterocycles. The molecule has 2 rings (SSSR count). The van der Waals surface area contributed by atoms with Gasteiger partial charge in [-0.05, 0) is 25.7 Å². The summed E-state index contributed by atoms with van der Waals surface area (Å²) in [5, 5.41) is 0.643. The van der Waals surface area contributed by atoms with Crippen molar-refractivity contribution in [2.45, 2.75) is 39.4 Å². The van der Waals surface area contributed by atoms with Crippen LogP contribution in [0.15, 0.2) is 10.6 Å². The summed E-state index contributed by atoms with van der Waals surface area (Å²) < 4.78 is 10.3. The highest BCUT2D eigenvalue weighted by molar-refractivity contribution is 8.04. The molecule has 0 aromatic rings. The van der Waals surface area contributed by atoms with Crippen molar-refractivity contribution in [1.82, 2.24) is 4.90 Å². The van der Waals surface area contributed by atoms with E-state index in [0.29, 0.717) is 31.8 Å². The Morgan fingerprint density at radius 3 is 2.57 bits per heavy atom. The molecule has 5 nitrogen and oxygen atoms in total. The lowest BCUT2D eigenvalue weighted by atomic mass is 9.82. The molecule has 2 aliphatic heterocycles. The Morgan fingerprint density at radius 2 is 1.95 bits per heavy atom. The first-order valence-electron chi connectivity index (χ1n) is 7.36. The van der Waals surface area contributed by atoms with E-state index in [-0.39, 0.29) is 22.6 Å². The van der Waals surface area contributed by atoms with E-state index in [1.54, 1.807) is 13.8 Å². The van der Waals surface area contributed by atoms with Crippen LogP contribution in [0.1, 0.15) is 34.1 Å². The van der Waals surface area contributed by atoms with Gasteiger partial charge in [0, 0.05) is 13.1 Å². The molecule has 0 radical (unpaired) electrons. The number of carbonyl (C=O) groups excluding carboxylic acids is 2. The van der Waals surface area contributed by atoms with Crippen molar-refractivity contribution in [3.8, 4) is 0 Å². The fourth-order valence-electron chi connectivity index (χ4n) is 2.79. The Kier molecular flexibility index (Phi) is 4.86. The number of rotatable bonds is 4. The zero-order valence-electron chi connectivity index (χ0n) is 13.1. The number of carbonyl (C=O) groups is 2.